The van der Waals surface area contributed by atoms with Crippen molar-refractivity contribution in [3.05, 3.63) is 59.0 Å². The Morgan fingerprint density at radius 2 is 2.00 bits per heavy atom. The van der Waals surface area contributed by atoms with Crippen molar-refractivity contribution in [1.29, 1.82) is 0 Å². The average Bonchev–Trinajstić information content (AvgIpc) is 3.28. The number of aliphatic hydroxyl groups is 1. The van der Waals surface area contributed by atoms with Gasteiger partial charge in [-0.05, 0) is 36.8 Å². The number of benzene rings is 2. The number of fused-ring (bicyclic) bond motifs is 1. The minimum atomic E-state index is -0.442. The Morgan fingerprint density at radius 1 is 1.27 bits per heavy atom. The summed E-state index contributed by atoms with van der Waals surface area (Å²) in [4.78, 5) is 12.9. The Labute approximate surface area is 181 Å². The van der Waals surface area contributed by atoms with Gasteiger partial charge in [-0.25, -0.2) is 0 Å². The average molecular weight is 432 g/mol. The van der Waals surface area contributed by atoms with E-state index >= 15 is 0 Å². The van der Waals surface area contributed by atoms with Gasteiger partial charge in [0.05, 0.1) is 22.9 Å². The summed E-state index contributed by atoms with van der Waals surface area (Å²) in [7, 11) is 0. The van der Waals surface area contributed by atoms with Crippen molar-refractivity contribution in [3.8, 4) is 5.75 Å². The molecular weight excluding hydrogens is 406 g/mol. The predicted octanol–water partition coefficient (Wildman–Crippen LogP) is 2.76. The molecule has 2 aromatic carbocycles. The number of ether oxygens (including phenoxy) is 1. The zero-order valence-electron chi connectivity index (χ0n) is 17.0. The molecular formula is C22H26ClN3O4. The molecule has 160 valence electrons. The molecule has 1 aromatic heterocycles. The maximum absolute atomic E-state index is 12.9. The number of aliphatic hydroxyl groups excluding tert-OH is 1. The number of carbonyl (C=O) groups is 1. The van der Waals surface area contributed by atoms with Crippen LogP contribution in [0.4, 0.5) is 0 Å². The summed E-state index contributed by atoms with van der Waals surface area (Å²) in [6.07, 6.45) is -0.442. The standard InChI is InChI=1S/C22H25N3O4.ClH/c1-13-19(14(2)29-25-13)12-28-21-8-16-6-4-3-5-15(16)7-18(21)22(27)24-10-17-9-23-11-20(17)26;/h3-8,17,20,23,26H,9-12H2,1-2H3,(H,24,27);1H. The van der Waals surface area contributed by atoms with Gasteiger partial charge in [-0.15, -0.1) is 12.4 Å². The fraction of sp³-hybridized carbons (Fsp3) is 0.364. The van der Waals surface area contributed by atoms with Crippen molar-refractivity contribution in [2.24, 2.45) is 5.92 Å². The summed E-state index contributed by atoms with van der Waals surface area (Å²) in [5.41, 5.74) is 2.12. The van der Waals surface area contributed by atoms with Crippen LogP contribution in [0, 0.1) is 19.8 Å². The first-order valence-electron chi connectivity index (χ1n) is 9.77. The molecule has 3 aromatic rings. The van der Waals surface area contributed by atoms with Crippen LogP contribution in [0.15, 0.2) is 40.9 Å². The molecule has 1 fully saturated rings. The highest BCUT2D eigenvalue weighted by Gasteiger charge is 2.26. The predicted molar refractivity (Wildman–Crippen MR) is 116 cm³/mol. The number of nitrogens with one attached hydrogen (secondary N) is 2. The van der Waals surface area contributed by atoms with Crippen LogP contribution >= 0.6 is 12.4 Å². The fourth-order valence-corrected chi connectivity index (χ4v) is 3.62. The lowest BCUT2D eigenvalue weighted by atomic mass is 10.0. The third-order valence-corrected chi connectivity index (χ3v) is 5.47. The summed E-state index contributed by atoms with van der Waals surface area (Å²) in [6, 6.07) is 11.6. The van der Waals surface area contributed by atoms with Gasteiger partial charge in [-0.1, -0.05) is 29.4 Å². The molecule has 2 atom stereocenters. The van der Waals surface area contributed by atoms with Gasteiger partial charge in [0.15, 0.2) is 0 Å². The zero-order valence-corrected chi connectivity index (χ0v) is 17.8. The minimum Gasteiger partial charge on any atom is -0.488 e. The van der Waals surface area contributed by atoms with E-state index in [0.717, 1.165) is 22.0 Å². The van der Waals surface area contributed by atoms with Gasteiger partial charge in [0.25, 0.3) is 5.91 Å². The van der Waals surface area contributed by atoms with Gasteiger partial charge in [0.1, 0.15) is 18.1 Å². The quantitative estimate of drug-likeness (QED) is 0.555. The molecule has 3 N–H and O–H groups in total. The first-order chi connectivity index (χ1) is 14.0. The number of nitrogens with zero attached hydrogens (tertiary/aromatic N) is 1. The van der Waals surface area contributed by atoms with Crippen LogP contribution in [0.3, 0.4) is 0 Å². The monoisotopic (exact) mass is 431 g/mol. The van der Waals surface area contributed by atoms with Crippen molar-refractivity contribution >= 4 is 29.1 Å². The number of amides is 1. The van der Waals surface area contributed by atoms with Crippen LogP contribution in [0.25, 0.3) is 10.8 Å². The van der Waals surface area contributed by atoms with Crippen molar-refractivity contribution in [3.63, 3.8) is 0 Å². The van der Waals surface area contributed by atoms with E-state index in [0.29, 0.717) is 36.7 Å². The van der Waals surface area contributed by atoms with Crippen molar-refractivity contribution in [1.82, 2.24) is 15.8 Å². The molecule has 0 bridgehead atoms. The molecule has 1 aliphatic rings. The van der Waals surface area contributed by atoms with E-state index in [2.05, 4.69) is 15.8 Å². The van der Waals surface area contributed by atoms with E-state index in [9.17, 15) is 9.90 Å². The zero-order chi connectivity index (χ0) is 20.4. The fourth-order valence-electron chi connectivity index (χ4n) is 3.62. The summed E-state index contributed by atoms with van der Waals surface area (Å²) in [5.74, 6) is 0.998. The molecule has 2 heterocycles. The van der Waals surface area contributed by atoms with Crippen molar-refractivity contribution in [2.75, 3.05) is 19.6 Å². The summed E-state index contributed by atoms with van der Waals surface area (Å²) in [5, 5.41) is 21.9. The normalized spacial score (nSPS) is 18.2. The van der Waals surface area contributed by atoms with Crippen LogP contribution in [0.2, 0.25) is 0 Å². The molecule has 1 aliphatic heterocycles. The number of hydrogen-bond acceptors (Lipinski definition) is 6. The Bertz CT molecular complexity index is 1020. The van der Waals surface area contributed by atoms with Gasteiger partial charge in [-0.2, -0.15) is 0 Å². The Hall–Kier alpha value is -2.61. The lowest BCUT2D eigenvalue weighted by Gasteiger charge is -2.16. The van der Waals surface area contributed by atoms with Gasteiger partial charge >= 0.3 is 0 Å². The first-order valence-corrected chi connectivity index (χ1v) is 9.77. The first kappa shape index (κ1) is 22.1. The Balaban J connectivity index is 0.00000256. The van der Waals surface area contributed by atoms with E-state index in [4.69, 9.17) is 9.26 Å². The van der Waals surface area contributed by atoms with Crippen LogP contribution in [0.1, 0.15) is 27.4 Å². The highest BCUT2D eigenvalue weighted by Crippen LogP contribution is 2.28. The third-order valence-electron chi connectivity index (χ3n) is 5.47. The summed E-state index contributed by atoms with van der Waals surface area (Å²) in [6.45, 7) is 5.63. The largest absolute Gasteiger partial charge is 0.488 e. The number of halogens is 1. The van der Waals surface area contributed by atoms with Gasteiger partial charge in [-0.3, -0.25) is 4.79 Å². The molecule has 0 radical (unpaired) electrons. The molecule has 1 amide bonds. The number of aromatic nitrogens is 1. The summed E-state index contributed by atoms with van der Waals surface area (Å²) < 4.78 is 11.2. The second kappa shape index (κ2) is 9.47. The SMILES string of the molecule is Cc1noc(C)c1COc1cc2ccccc2cc1C(=O)NCC1CNCC1O.Cl. The maximum atomic E-state index is 12.9. The number of rotatable bonds is 6. The van der Waals surface area contributed by atoms with E-state index in [1.807, 2.05) is 50.2 Å². The second-order valence-corrected chi connectivity index (χ2v) is 7.48. The molecule has 1 saturated heterocycles. The van der Waals surface area contributed by atoms with Crippen molar-refractivity contribution < 1.29 is 19.2 Å². The third kappa shape index (κ3) is 4.59. The van der Waals surface area contributed by atoms with Crippen LogP contribution in [0.5, 0.6) is 5.75 Å². The van der Waals surface area contributed by atoms with Gasteiger partial charge < -0.3 is 25.0 Å². The highest BCUT2D eigenvalue weighted by atomic mass is 35.5. The summed E-state index contributed by atoms with van der Waals surface area (Å²) >= 11 is 0. The van der Waals surface area contributed by atoms with E-state index in [1.165, 1.54) is 0 Å². The molecule has 2 unspecified atom stereocenters. The van der Waals surface area contributed by atoms with Gasteiger partial charge in [0, 0.05) is 25.6 Å². The number of hydrogen-bond donors (Lipinski definition) is 3. The van der Waals surface area contributed by atoms with E-state index < -0.39 is 6.10 Å². The lowest BCUT2D eigenvalue weighted by molar-refractivity contribution is 0.0923. The molecule has 0 spiro atoms. The second-order valence-electron chi connectivity index (χ2n) is 7.48. The van der Waals surface area contributed by atoms with Gasteiger partial charge in [0.2, 0.25) is 0 Å². The maximum Gasteiger partial charge on any atom is 0.255 e. The highest BCUT2D eigenvalue weighted by molar-refractivity contribution is 6.01. The molecule has 8 heteroatoms. The van der Waals surface area contributed by atoms with E-state index in [-0.39, 0.29) is 30.8 Å². The topological polar surface area (TPSA) is 96.6 Å². The van der Waals surface area contributed by atoms with Crippen molar-refractivity contribution in [2.45, 2.75) is 26.6 Å². The minimum absolute atomic E-state index is 0. The van der Waals surface area contributed by atoms with Crippen LogP contribution in [-0.2, 0) is 6.61 Å². The molecule has 4 rings (SSSR count). The number of β-amino-alcohol motifs (C(OH)–C–C–N with tert-alkyl or cyclic N) is 1. The molecule has 30 heavy (non-hydrogen) atoms. The number of aryl methyl sites for hydroxylation is 2. The molecule has 7 nitrogen and oxygen atoms in total. The lowest BCUT2D eigenvalue weighted by Crippen LogP contribution is -2.34. The van der Waals surface area contributed by atoms with Crippen LogP contribution in [-0.4, -0.2) is 41.9 Å². The molecule has 0 aliphatic carbocycles. The Morgan fingerprint density at radius 3 is 2.63 bits per heavy atom. The smallest absolute Gasteiger partial charge is 0.255 e. The molecule has 0 saturated carbocycles. The number of carbonyl (C=O) groups excluding carboxylic acids is 1. The Kier molecular flexibility index (Phi) is 6.97. The van der Waals surface area contributed by atoms with Crippen LogP contribution < -0.4 is 15.4 Å². The van der Waals surface area contributed by atoms with E-state index in [1.54, 1.807) is 0 Å².